The van der Waals surface area contributed by atoms with Crippen molar-refractivity contribution < 1.29 is 19.7 Å². The van der Waals surface area contributed by atoms with Crippen molar-refractivity contribution in [1.29, 1.82) is 0 Å². The molecule has 0 bridgehead atoms. The first-order chi connectivity index (χ1) is 9.69. The van der Waals surface area contributed by atoms with Gasteiger partial charge in [0.25, 0.3) is 0 Å². The lowest BCUT2D eigenvalue weighted by atomic mass is 10.1. The molecule has 8 nitrogen and oxygen atoms in total. The number of aliphatic hydroxyl groups is 2. The van der Waals surface area contributed by atoms with Crippen molar-refractivity contribution in [2.75, 3.05) is 12.3 Å². The van der Waals surface area contributed by atoms with Crippen LogP contribution >= 0.6 is 0 Å². The van der Waals surface area contributed by atoms with Crippen molar-refractivity contribution in [3.63, 3.8) is 0 Å². The van der Waals surface area contributed by atoms with E-state index in [1.807, 2.05) is 0 Å². The monoisotopic (exact) mass is 298 g/mol. The van der Waals surface area contributed by atoms with Crippen LogP contribution in [-0.2, 0) is 4.74 Å². The van der Waals surface area contributed by atoms with E-state index in [0.29, 0.717) is 0 Å². The summed E-state index contributed by atoms with van der Waals surface area (Å²) in [5.41, 5.74) is 5.05. The zero-order valence-electron chi connectivity index (χ0n) is 12.4. The molecule has 0 fully saturated rings. The van der Waals surface area contributed by atoms with Crippen LogP contribution in [0.4, 0.5) is 10.7 Å². The highest BCUT2D eigenvalue weighted by molar-refractivity contribution is 5.67. The topological polar surface area (TPSA) is 131 Å². The van der Waals surface area contributed by atoms with Gasteiger partial charge in [0.15, 0.2) is 0 Å². The lowest BCUT2D eigenvalue weighted by molar-refractivity contribution is 0.00995. The minimum atomic E-state index is -1.20. The van der Waals surface area contributed by atoms with Crippen LogP contribution in [-0.4, -0.2) is 44.5 Å². The lowest BCUT2D eigenvalue weighted by Crippen LogP contribution is -2.34. The SMILES string of the molecule is CC(C)(C)OC(=O)NCCC(O)C(O)c1ccnc(N)n1. The maximum atomic E-state index is 11.4. The second-order valence-electron chi connectivity index (χ2n) is 5.57. The third-order valence-electron chi connectivity index (χ3n) is 2.47. The number of hydrogen-bond acceptors (Lipinski definition) is 7. The van der Waals surface area contributed by atoms with Gasteiger partial charge in [-0.15, -0.1) is 0 Å². The van der Waals surface area contributed by atoms with Crippen molar-refractivity contribution in [3.05, 3.63) is 18.0 Å². The van der Waals surface area contributed by atoms with Gasteiger partial charge in [-0.2, -0.15) is 0 Å². The van der Waals surface area contributed by atoms with Gasteiger partial charge in [-0.3, -0.25) is 0 Å². The van der Waals surface area contributed by atoms with Crippen molar-refractivity contribution >= 4 is 12.0 Å². The van der Waals surface area contributed by atoms with Crippen LogP contribution in [0, 0.1) is 0 Å². The molecule has 2 atom stereocenters. The zero-order valence-corrected chi connectivity index (χ0v) is 12.4. The quantitative estimate of drug-likeness (QED) is 0.617. The Morgan fingerprint density at radius 2 is 2.14 bits per heavy atom. The number of nitrogen functional groups attached to an aromatic ring is 1. The van der Waals surface area contributed by atoms with Gasteiger partial charge in [-0.25, -0.2) is 14.8 Å². The molecule has 0 saturated heterocycles. The predicted octanol–water partition coefficient (Wildman–Crippen LogP) is 0.368. The maximum absolute atomic E-state index is 11.4. The smallest absolute Gasteiger partial charge is 0.407 e. The summed E-state index contributed by atoms with van der Waals surface area (Å²) >= 11 is 0. The summed E-state index contributed by atoms with van der Waals surface area (Å²) < 4.78 is 5.05. The van der Waals surface area contributed by atoms with Crippen molar-refractivity contribution in [3.8, 4) is 0 Å². The van der Waals surface area contributed by atoms with Crippen LogP contribution in [0.1, 0.15) is 39.0 Å². The van der Waals surface area contributed by atoms with Crippen molar-refractivity contribution in [2.24, 2.45) is 0 Å². The van der Waals surface area contributed by atoms with E-state index in [0.717, 1.165) is 0 Å². The number of nitrogens with zero attached hydrogens (tertiary/aromatic N) is 2. The number of ether oxygens (including phenoxy) is 1. The van der Waals surface area contributed by atoms with Crippen molar-refractivity contribution in [2.45, 2.75) is 45.0 Å². The Labute approximate surface area is 123 Å². The zero-order chi connectivity index (χ0) is 16.0. The van der Waals surface area contributed by atoms with Crippen LogP contribution in [0.5, 0.6) is 0 Å². The molecule has 0 aromatic carbocycles. The first kappa shape index (κ1) is 17.1. The van der Waals surface area contributed by atoms with Crippen molar-refractivity contribution in [1.82, 2.24) is 15.3 Å². The number of hydrogen-bond donors (Lipinski definition) is 4. The molecule has 8 heteroatoms. The standard InChI is InChI=1S/C13H22N4O4/c1-13(2,3)21-12(20)16-7-5-9(18)10(19)8-4-6-15-11(14)17-8/h4,6,9-10,18-19H,5,7H2,1-3H3,(H,16,20)(H2,14,15,17). The van der Waals surface area contributed by atoms with Gasteiger partial charge >= 0.3 is 6.09 Å². The number of carbonyl (C=O) groups excluding carboxylic acids is 1. The normalized spacial score (nSPS) is 14.3. The Morgan fingerprint density at radius 3 is 2.71 bits per heavy atom. The molecule has 0 spiro atoms. The van der Waals surface area contributed by atoms with E-state index in [4.69, 9.17) is 10.5 Å². The summed E-state index contributed by atoms with van der Waals surface area (Å²) in [4.78, 5) is 18.9. The van der Waals surface area contributed by atoms with Crippen LogP contribution in [0.2, 0.25) is 0 Å². The molecule has 0 aliphatic heterocycles. The second-order valence-corrected chi connectivity index (χ2v) is 5.57. The van der Waals surface area contributed by atoms with Crippen LogP contribution in [0.15, 0.2) is 12.3 Å². The lowest BCUT2D eigenvalue weighted by Gasteiger charge is -2.21. The van der Waals surface area contributed by atoms with E-state index in [9.17, 15) is 15.0 Å². The number of alkyl carbamates (subject to hydrolysis) is 1. The van der Waals surface area contributed by atoms with E-state index in [-0.39, 0.29) is 24.6 Å². The van der Waals surface area contributed by atoms with E-state index in [2.05, 4.69) is 15.3 Å². The summed E-state index contributed by atoms with van der Waals surface area (Å²) in [5, 5.41) is 22.3. The Morgan fingerprint density at radius 1 is 1.48 bits per heavy atom. The molecular formula is C13H22N4O4. The minimum absolute atomic E-state index is 0.0191. The predicted molar refractivity (Wildman–Crippen MR) is 76.3 cm³/mol. The fourth-order valence-electron chi connectivity index (χ4n) is 1.54. The highest BCUT2D eigenvalue weighted by atomic mass is 16.6. The van der Waals surface area contributed by atoms with Gasteiger partial charge in [0.1, 0.15) is 11.7 Å². The first-order valence-electron chi connectivity index (χ1n) is 6.60. The maximum Gasteiger partial charge on any atom is 0.407 e. The fourth-order valence-corrected chi connectivity index (χ4v) is 1.54. The molecule has 118 valence electrons. The molecule has 1 rings (SSSR count). The minimum Gasteiger partial charge on any atom is -0.444 e. The Balaban J connectivity index is 2.40. The van der Waals surface area contributed by atoms with Gasteiger partial charge in [-0.05, 0) is 33.3 Å². The number of nitrogens with one attached hydrogen (secondary N) is 1. The van der Waals surface area contributed by atoms with Crippen LogP contribution in [0.3, 0.4) is 0 Å². The average Bonchev–Trinajstić information content (AvgIpc) is 2.35. The first-order valence-corrected chi connectivity index (χ1v) is 6.60. The van der Waals surface area contributed by atoms with Gasteiger partial charge in [-0.1, -0.05) is 0 Å². The highest BCUT2D eigenvalue weighted by Crippen LogP contribution is 2.16. The second kappa shape index (κ2) is 7.19. The molecule has 2 unspecified atom stereocenters. The molecule has 0 saturated carbocycles. The van der Waals surface area contributed by atoms with E-state index < -0.39 is 23.9 Å². The van der Waals surface area contributed by atoms with Gasteiger partial charge in [0.2, 0.25) is 5.95 Å². The summed E-state index contributed by atoms with van der Waals surface area (Å²) in [7, 11) is 0. The number of rotatable bonds is 5. The molecule has 1 aromatic heterocycles. The van der Waals surface area contributed by atoms with E-state index in [1.54, 1.807) is 20.8 Å². The molecule has 1 heterocycles. The summed E-state index contributed by atoms with van der Waals surface area (Å²) in [6.07, 6.45) is -1.32. The van der Waals surface area contributed by atoms with Gasteiger partial charge in [0, 0.05) is 12.7 Å². The Kier molecular flexibility index (Phi) is 5.86. The molecule has 0 aliphatic rings. The molecule has 1 aromatic rings. The summed E-state index contributed by atoms with van der Waals surface area (Å²) in [6, 6.07) is 1.46. The molecule has 0 aliphatic carbocycles. The Bertz CT molecular complexity index is 475. The number of amides is 1. The molecule has 5 N–H and O–H groups in total. The number of aromatic nitrogens is 2. The van der Waals surface area contributed by atoms with Gasteiger partial charge in [0.05, 0.1) is 11.8 Å². The van der Waals surface area contributed by atoms with E-state index in [1.165, 1.54) is 12.3 Å². The number of anilines is 1. The largest absolute Gasteiger partial charge is 0.444 e. The highest BCUT2D eigenvalue weighted by Gasteiger charge is 2.21. The van der Waals surface area contributed by atoms with Crippen LogP contribution in [0.25, 0.3) is 0 Å². The van der Waals surface area contributed by atoms with Crippen LogP contribution < -0.4 is 11.1 Å². The molecule has 0 radical (unpaired) electrons. The third-order valence-corrected chi connectivity index (χ3v) is 2.47. The van der Waals surface area contributed by atoms with Gasteiger partial charge < -0.3 is 26.0 Å². The molecule has 1 amide bonds. The third kappa shape index (κ3) is 6.37. The number of aliphatic hydroxyl groups excluding tert-OH is 2. The molecular weight excluding hydrogens is 276 g/mol. The average molecular weight is 298 g/mol. The Hall–Kier alpha value is -1.93. The number of carbonyl (C=O) groups is 1. The number of nitrogens with two attached hydrogens (primary N) is 1. The summed E-state index contributed by atoms with van der Waals surface area (Å²) in [6.45, 7) is 5.42. The fraction of sp³-hybridized carbons (Fsp3) is 0.615. The van der Waals surface area contributed by atoms with E-state index >= 15 is 0 Å². The summed E-state index contributed by atoms with van der Waals surface area (Å²) in [5.74, 6) is 0.0191. The molecule has 21 heavy (non-hydrogen) atoms.